The van der Waals surface area contributed by atoms with Gasteiger partial charge >= 0.3 is 5.97 Å². The number of hydrogen-bond donors (Lipinski definition) is 0. The van der Waals surface area contributed by atoms with Gasteiger partial charge in [-0.05, 0) is 29.1 Å². The Labute approximate surface area is 149 Å². The predicted molar refractivity (Wildman–Crippen MR) is 93.9 cm³/mol. The Bertz CT molecular complexity index is 957. The summed E-state index contributed by atoms with van der Waals surface area (Å²) in [6, 6.07) is 10.1. The SMILES string of the molecule is CS(=O)(=O)Cc1ccc(C(=O)OCc2coc(-c3cccs3)n2)cc1. The zero-order chi connectivity index (χ0) is 17.9. The normalized spacial score (nSPS) is 11.4. The Hall–Kier alpha value is -2.45. The monoisotopic (exact) mass is 377 g/mol. The Morgan fingerprint density at radius 3 is 2.64 bits per heavy atom. The Kier molecular flexibility index (Phi) is 5.00. The van der Waals surface area contributed by atoms with Crippen LogP contribution in [-0.4, -0.2) is 25.6 Å². The van der Waals surface area contributed by atoms with E-state index >= 15 is 0 Å². The lowest BCUT2D eigenvalue weighted by Gasteiger charge is -2.04. The molecule has 0 fully saturated rings. The number of esters is 1. The molecule has 0 aliphatic heterocycles. The molecule has 130 valence electrons. The van der Waals surface area contributed by atoms with Crippen LogP contribution in [-0.2, 0) is 26.9 Å². The summed E-state index contributed by atoms with van der Waals surface area (Å²) in [5.74, 6) is -0.0787. The summed E-state index contributed by atoms with van der Waals surface area (Å²) in [5, 5.41) is 1.92. The van der Waals surface area contributed by atoms with Gasteiger partial charge in [0.1, 0.15) is 18.6 Å². The lowest BCUT2D eigenvalue weighted by molar-refractivity contribution is 0.0467. The van der Waals surface area contributed by atoms with Crippen LogP contribution in [0.5, 0.6) is 0 Å². The van der Waals surface area contributed by atoms with Crippen LogP contribution in [0.25, 0.3) is 10.8 Å². The predicted octanol–water partition coefficient (Wildman–Crippen LogP) is 3.30. The molecule has 0 radical (unpaired) electrons. The van der Waals surface area contributed by atoms with Crippen molar-refractivity contribution in [2.24, 2.45) is 0 Å². The number of thiophene rings is 1. The molecule has 0 saturated heterocycles. The Morgan fingerprint density at radius 1 is 1.24 bits per heavy atom. The summed E-state index contributed by atoms with van der Waals surface area (Å²) < 4.78 is 33.1. The first-order valence-corrected chi connectivity index (χ1v) is 10.3. The fraction of sp³-hybridized carbons (Fsp3) is 0.176. The molecule has 0 unspecified atom stereocenters. The molecule has 0 aliphatic rings. The summed E-state index contributed by atoms with van der Waals surface area (Å²) in [5.41, 5.74) is 1.49. The summed E-state index contributed by atoms with van der Waals surface area (Å²) >= 11 is 1.51. The molecule has 0 saturated carbocycles. The number of hydrogen-bond acceptors (Lipinski definition) is 7. The van der Waals surface area contributed by atoms with Crippen molar-refractivity contribution in [3.63, 3.8) is 0 Å². The van der Waals surface area contributed by atoms with Gasteiger partial charge in [0.25, 0.3) is 0 Å². The third-order valence-electron chi connectivity index (χ3n) is 3.25. The van der Waals surface area contributed by atoms with E-state index in [0.29, 0.717) is 22.7 Å². The minimum atomic E-state index is -3.11. The van der Waals surface area contributed by atoms with E-state index in [1.54, 1.807) is 24.3 Å². The molecule has 2 aromatic heterocycles. The lowest BCUT2D eigenvalue weighted by Crippen LogP contribution is -2.06. The maximum Gasteiger partial charge on any atom is 0.338 e. The maximum absolute atomic E-state index is 12.1. The second-order valence-corrected chi connectivity index (χ2v) is 8.55. The van der Waals surface area contributed by atoms with Crippen LogP contribution in [0.4, 0.5) is 0 Å². The summed E-state index contributed by atoms with van der Waals surface area (Å²) in [7, 11) is -3.11. The largest absolute Gasteiger partial charge is 0.455 e. The van der Waals surface area contributed by atoms with Crippen molar-refractivity contribution < 1.29 is 22.4 Å². The smallest absolute Gasteiger partial charge is 0.338 e. The highest BCUT2D eigenvalue weighted by atomic mass is 32.2. The number of nitrogens with zero attached hydrogens (tertiary/aromatic N) is 1. The van der Waals surface area contributed by atoms with E-state index in [1.807, 2.05) is 17.5 Å². The Balaban J connectivity index is 1.59. The third kappa shape index (κ3) is 4.77. The van der Waals surface area contributed by atoms with Gasteiger partial charge < -0.3 is 9.15 Å². The molecule has 0 bridgehead atoms. The van der Waals surface area contributed by atoms with E-state index < -0.39 is 15.8 Å². The van der Waals surface area contributed by atoms with Gasteiger partial charge in [0, 0.05) is 6.26 Å². The molecule has 0 atom stereocenters. The molecule has 8 heteroatoms. The van der Waals surface area contributed by atoms with Crippen molar-refractivity contribution in [3.8, 4) is 10.8 Å². The van der Waals surface area contributed by atoms with Crippen LogP contribution in [0.2, 0.25) is 0 Å². The molecular weight excluding hydrogens is 362 g/mol. The average molecular weight is 377 g/mol. The van der Waals surface area contributed by atoms with Gasteiger partial charge in [-0.25, -0.2) is 18.2 Å². The topological polar surface area (TPSA) is 86.5 Å². The molecular formula is C17H15NO5S2. The Morgan fingerprint density at radius 2 is 2.00 bits per heavy atom. The van der Waals surface area contributed by atoms with Gasteiger partial charge in [-0.15, -0.1) is 11.3 Å². The van der Waals surface area contributed by atoms with Crippen molar-refractivity contribution in [1.29, 1.82) is 0 Å². The fourth-order valence-electron chi connectivity index (χ4n) is 2.15. The van der Waals surface area contributed by atoms with Crippen molar-refractivity contribution in [3.05, 3.63) is 64.9 Å². The standard InChI is InChI=1S/C17H15NO5S2/c1-25(20,21)11-12-4-6-13(7-5-12)17(19)23-10-14-9-22-16(18-14)15-3-2-8-24-15/h2-9H,10-11H2,1H3. The van der Waals surface area contributed by atoms with E-state index in [0.717, 1.165) is 11.1 Å². The highest BCUT2D eigenvalue weighted by Gasteiger charge is 2.12. The minimum absolute atomic E-state index is 0.00119. The fourth-order valence-corrected chi connectivity index (χ4v) is 3.60. The quantitative estimate of drug-likeness (QED) is 0.613. The van der Waals surface area contributed by atoms with Gasteiger partial charge in [-0.3, -0.25) is 0 Å². The van der Waals surface area contributed by atoms with Crippen molar-refractivity contribution in [2.75, 3.05) is 6.26 Å². The first-order valence-electron chi connectivity index (χ1n) is 7.33. The molecule has 25 heavy (non-hydrogen) atoms. The third-order valence-corrected chi connectivity index (χ3v) is 4.97. The minimum Gasteiger partial charge on any atom is -0.455 e. The number of ether oxygens (including phenoxy) is 1. The van der Waals surface area contributed by atoms with E-state index in [9.17, 15) is 13.2 Å². The first kappa shape index (κ1) is 17.4. The second-order valence-electron chi connectivity index (χ2n) is 5.46. The summed E-state index contributed by atoms with van der Waals surface area (Å²) in [6.07, 6.45) is 2.62. The van der Waals surface area contributed by atoms with Crippen molar-refractivity contribution in [1.82, 2.24) is 4.98 Å². The summed E-state index contributed by atoms with van der Waals surface area (Å²) in [4.78, 5) is 17.2. The van der Waals surface area contributed by atoms with Crippen LogP contribution in [0, 0.1) is 0 Å². The molecule has 0 amide bonds. The zero-order valence-corrected chi connectivity index (χ0v) is 15.0. The van der Waals surface area contributed by atoms with Crippen LogP contribution in [0.3, 0.4) is 0 Å². The zero-order valence-electron chi connectivity index (χ0n) is 13.3. The van der Waals surface area contributed by atoms with Crippen molar-refractivity contribution >= 4 is 27.1 Å². The van der Waals surface area contributed by atoms with Gasteiger partial charge in [-0.2, -0.15) is 0 Å². The lowest BCUT2D eigenvalue weighted by atomic mass is 10.1. The van der Waals surface area contributed by atoms with E-state index in [-0.39, 0.29) is 12.4 Å². The highest BCUT2D eigenvalue weighted by molar-refractivity contribution is 7.89. The molecule has 0 spiro atoms. The molecule has 0 aliphatic carbocycles. The molecule has 1 aromatic carbocycles. The van der Waals surface area contributed by atoms with Crippen LogP contribution in [0.15, 0.2) is 52.5 Å². The number of oxazole rings is 1. The number of aromatic nitrogens is 1. The number of carbonyl (C=O) groups excluding carboxylic acids is 1. The number of carbonyl (C=O) groups is 1. The van der Waals surface area contributed by atoms with E-state index in [1.165, 1.54) is 17.6 Å². The van der Waals surface area contributed by atoms with Crippen LogP contribution >= 0.6 is 11.3 Å². The highest BCUT2D eigenvalue weighted by Crippen LogP contribution is 2.23. The molecule has 0 N–H and O–H groups in total. The van der Waals surface area contributed by atoms with Gasteiger partial charge in [0.05, 0.1) is 16.2 Å². The van der Waals surface area contributed by atoms with Gasteiger partial charge in [-0.1, -0.05) is 18.2 Å². The van der Waals surface area contributed by atoms with Crippen LogP contribution in [0.1, 0.15) is 21.6 Å². The van der Waals surface area contributed by atoms with Crippen molar-refractivity contribution in [2.45, 2.75) is 12.4 Å². The van der Waals surface area contributed by atoms with E-state index in [2.05, 4.69) is 4.98 Å². The summed E-state index contributed by atoms with van der Waals surface area (Å²) in [6.45, 7) is -0.00119. The molecule has 3 aromatic rings. The van der Waals surface area contributed by atoms with Gasteiger partial charge in [0.2, 0.25) is 5.89 Å². The molecule has 3 rings (SSSR count). The first-order chi connectivity index (χ1) is 11.9. The average Bonchev–Trinajstić information content (AvgIpc) is 3.23. The molecule has 2 heterocycles. The number of sulfone groups is 1. The van der Waals surface area contributed by atoms with E-state index in [4.69, 9.17) is 9.15 Å². The number of benzene rings is 1. The molecule has 6 nitrogen and oxygen atoms in total. The number of rotatable bonds is 6. The maximum atomic E-state index is 12.1. The second kappa shape index (κ2) is 7.20. The van der Waals surface area contributed by atoms with Crippen LogP contribution < -0.4 is 0 Å². The van der Waals surface area contributed by atoms with Gasteiger partial charge in [0.15, 0.2) is 9.84 Å².